The van der Waals surface area contributed by atoms with Gasteiger partial charge in [0.05, 0.1) is 12.7 Å². The molecular weight excluding hydrogens is 304 g/mol. The van der Waals surface area contributed by atoms with E-state index < -0.39 is 6.10 Å². The molecule has 100 valence electrons. The van der Waals surface area contributed by atoms with Crippen LogP contribution in [0.5, 0.6) is 0 Å². The summed E-state index contributed by atoms with van der Waals surface area (Å²) in [7, 11) is 1.67. The molecule has 19 heavy (non-hydrogen) atoms. The van der Waals surface area contributed by atoms with Gasteiger partial charge < -0.3 is 9.84 Å². The van der Waals surface area contributed by atoms with Gasteiger partial charge in [-0.3, -0.25) is 0 Å². The van der Waals surface area contributed by atoms with Gasteiger partial charge in [0.1, 0.15) is 0 Å². The van der Waals surface area contributed by atoms with E-state index >= 15 is 0 Å². The van der Waals surface area contributed by atoms with E-state index in [0.717, 1.165) is 21.2 Å². The molecule has 0 radical (unpaired) electrons. The Kier molecular flexibility index (Phi) is 5.14. The normalized spacial score (nSPS) is 12.4. The third kappa shape index (κ3) is 4.16. The Morgan fingerprint density at radius 1 is 1.11 bits per heavy atom. The van der Waals surface area contributed by atoms with Crippen LogP contribution >= 0.6 is 15.9 Å². The molecule has 1 N–H and O–H groups in total. The summed E-state index contributed by atoms with van der Waals surface area (Å²) in [6.45, 7) is 0.567. The van der Waals surface area contributed by atoms with Crippen molar-refractivity contribution in [3.05, 3.63) is 69.7 Å². The molecule has 2 nitrogen and oxygen atoms in total. The predicted octanol–water partition coefficient (Wildman–Crippen LogP) is 3.87. The smallest absolute Gasteiger partial charge is 0.0830 e. The molecule has 1 atom stereocenters. The molecular formula is C16H17BrO2. The fourth-order valence-corrected chi connectivity index (χ4v) is 2.51. The minimum atomic E-state index is -0.494. The zero-order chi connectivity index (χ0) is 13.7. The maximum atomic E-state index is 10.3. The van der Waals surface area contributed by atoms with Gasteiger partial charge in [0.25, 0.3) is 0 Å². The first-order valence-corrected chi connectivity index (χ1v) is 6.98. The Balaban J connectivity index is 2.11. The van der Waals surface area contributed by atoms with Crippen LogP contribution in [0.15, 0.2) is 53.0 Å². The van der Waals surface area contributed by atoms with Gasteiger partial charge in [0, 0.05) is 18.0 Å². The predicted molar refractivity (Wildman–Crippen MR) is 80.0 cm³/mol. The number of methoxy groups -OCH3 is 1. The van der Waals surface area contributed by atoms with Gasteiger partial charge in [-0.15, -0.1) is 0 Å². The van der Waals surface area contributed by atoms with Crippen molar-refractivity contribution in [1.82, 2.24) is 0 Å². The first-order valence-electron chi connectivity index (χ1n) is 6.19. The highest BCUT2D eigenvalue weighted by Crippen LogP contribution is 2.21. The Bertz CT molecular complexity index is 540. The van der Waals surface area contributed by atoms with Crippen molar-refractivity contribution in [3.63, 3.8) is 0 Å². The Labute approximate surface area is 122 Å². The van der Waals surface area contributed by atoms with Gasteiger partial charge in [-0.05, 0) is 28.8 Å². The van der Waals surface area contributed by atoms with Crippen LogP contribution in [0.4, 0.5) is 0 Å². The Morgan fingerprint density at radius 3 is 2.58 bits per heavy atom. The summed E-state index contributed by atoms with van der Waals surface area (Å²) in [4.78, 5) is 0. The van der Waals surface area contributed by atoms with Gasteiger partial charge >= 0.3 is 0 Å². The number of halogens is 1. The molecule has 0 spiro atoms. The lowest BCUT2D eigenvalue weighted by Crippen LogP contribution is -2.02. The van der Waals surface area contributed by atoms with Crippen LogP contribution in [-0.2, 0) is 17.8 Å². The molecule has 0 bridgehead atoms. The lowest BCUT2D eigenvalue weighted by molar-refractivity contribution is 0.175. The summed E-state index contributed by atoms with van der Waals surface area (Å²) >= 11 is 3.44. The second kappa shape index (κ2) is 6.85. The standard InChI is InChI=1S/C16H17BrO2/c1-19-11-13-5-2-6-14(8-13)16(18)10-12-4-3-7-15(17)9-12/h2-9,16,18H,10-11H2,1H3. The van der Waals surface area contributed by atoms with Crippen molar-refractivity contribution < 1.29 is 9.84 Å². The maximum Gasteiger partial charge on any atom is 0.0830 e. The molecule has 0 aliphatic carbocycles. The highest BCUT2D eigenvalue weighted by molar-refractivity contribution is 9.10. The Morgan fingerprint density at radius 2 is 1.84 bits per heavy atom. The average Bonchev–Trinajstić information content (AvgIpc) is 2.39. The highest BCUT2D eigenvalue weighted by Gasteiger charge is 2.09. The molecule has 0 fully saturated rings. The van der Waals surface area contributed by atoms with Crippen LogP contribution in [-0.4, -0.2) is 12.2 Å². The van der Waals surface area contributed by atoms with E-state index in [0.29, 0.717) is 13.0 Å². The van der Waals surface area contributed by atoms with E-state index in [-0.39, 0.29) is 0 Å². The van der Waals surface area contributed by atoms with Crippen molar-refractivity contribution in [3.8, 4) is 0 Å². The third-order valence-electron chi connectivity index (χ3n) is 2.96. The lowest BCUT2D eigenvalue weighted by atomic mass is 10.00. The second-order valence-corrected chi connectivity index (χ2v) is 5.44. The zero-order valence-corrected chi connectivity index (χ0v) is 12.4. The van der Waals surface area contributed by atoms with Crippen LogP contribution in [0.3, 0.4) is 0 Å². The Hall–Kier alpha value is -1.16. The maximum absolute atomic E-state index is 10.3. The van der Waals surface area contributed by atoms with E-state index in [1.165, 1.54) is 0 Å². The first-order chi connectivity index (χ1) is 9.19. The molecule has 0 heterocycles. The molecule has 2 aromatic rings. The molecule has 1 unspecified atom stereocenters. The van der Waals surface area contributed by atoms with Gasteiger partial charge in [-0.2, -0.15) is 0 Å². The number of rotatable bonds is 5. The molecule has 2 aromatic carbocycles. The van der Waals surface area contributed by atoms with E-state index in [2.05, 4.69) is 15.9 Å². The number of hydrogen-bond donors (Lipinski definition) is 1. The molecule has 2 rings (SSSR count). The van der Waals surface area contributed by atoms with Crippen LogP contribution in [0, 0.1) is 0 Å². The van der Waals surface area contributed by atoms with Crippen molar-refractivity contribution in [2.24, 2.45) is 0 Å². The quantitative estimate of drug-likeness (QED) is 0.906. The second-order valence-electron chi connectivity index (χ2n) is 4.53. The van der Waals surface area contributed by atoms with Crippen molar-refractivity contribution >= 4 is 15.9 Å². The minimum absolute atomic E-state index is 0.494. The molecule has 0 amide bonds. The average molecular weight is 321 g/mol. The summed E-state index contributed by atoms with van der Waals surface area (Å²) < 4.78 is 6.14. The van der Waals surface area contributed by atoms with Gasteiger partial charge in [0.2, 0.25) is 0 Å². The van der Waals surface area contributed by atoms with Crippen LogP contribution < -0.4 is 0 Å². The first kappa shape index (κ1) is 14.3. The van der Waals surface area contributed by atoms with Gasteiger partial charge in [0.15, 0.2) is 0 Å². The van der Waals surface area contributed by atoms with E-state index in [9.17, 15) is 5.11 Å². The highest BCUT2D eigenvalue weighted by atomic mass is 79.9. The summed E-state index contributed by atoms with van der Waals surface area (Å²) in [6, 6.07) is 15.9. The lowest BCUT2D eigenvalue weighted by Gasteiger charge is -2.12. The van der Waals surface area contributed by atoms with E-state index in [1.54, 1.807) is 7.11 Å². The monoisotopic (exact) mass is 320 g/mol. The number of hydrogen-bond acceptors (Lipinski definition) is 2. The number of aliphatic hydroxyl groups excluding tert-OH is 1. The van der Waals surface area contributed by atoms with Crippen LogP contribution in [0.2, 0.25) is 0 Å². The van der Waals surface area contributed by atoms with Crippen molar-refractivity contribution in [2.75, 3.05) is 7.11 Å². The van der Waals surface area contributed by atoms with Gasteiger partial charge in [-0.1, -0.05) is 52.3 Å². The SMILES string of the molecule is COCc1cccc(C(O)Cc2cccc(Br)c2)c1. The fourth-order valence-electron chi connectivity index (χ4n) is 2.06. The number of benzene rings is 2. The van der Waals surface area contributed by atoms with E-state index in [1.807, 2.05) is 48.5 Å². The number of ether oxygens (including phenoxy) is 1. The zero-order valence-electron chi connectivity index (χ0n) is 10.8. The fraction of sp³-hybridized carbons (Fsp3) is 0.250. The molecule has 0 aliphatic rings. The largest absolute Gasteiger partial charge is 0.388 e. The molecule has 0 saturated carbocycles. The van der Waals surface area contributed by atoms with Gasteiger partial charge in [-0.25, -0.2) is 0 Å². The van der Waals surface area contributed by atoms with Crippen molar-refractivity contribution in [1.29, 1.82) is 0 Å². The summed E-state index contributed by atoms with van der Waals surface area (Å²) in [6.07, 6.45) is 0.113. The summed E-state index contributed by atoms with van der Waals surface area (Å²) in [5.41, 5.74) is 3.11. The topological polar surface area (TPSA) is 29.5 Å². The summed E-state index contributed by atoms with van der Waals surface area (Å²) in [5.74, 6) is 0. The van der Waals surface area contributed by atoms with Crippen LogP contribution in [0.25, 0.3) is 0 Å². The van der Waals surface area contributed by atoms with E-state index in [4.69, 9.17) is 4.74 Å². The number of aliphatic hydroxyl groups is 1. The third-order valence-corrected chi connectivity index (χ3v) is 3.46. The minimum Gasteiger partial charge on any atom is -0.388 e. The molecule has 0 aliphatic heterocycles. The van der Waals surface area contributed by atoms with Crippen molar-refractivity contribution in [2.45, 2.75) is 19.1 Å². The molecule has 0 saturated heterocycles. The molecule has 0 aromatic heterocycles. The van der Waals surface area contributed by atoms with Crippen LogP contribution in [0.1, 0.15) is 22.8 Å². The molecule has 3 heteroatoms. The summed E-state index contributed by atoms with van der Waals surface area (Å²) in [5, 5.41) is 10.3.